The van der Waals surface area contributed by atoms with Crippen molar-refractivity contribution in [3.05, 3.63) is 35.4 Å². The highest BCUT2D eigenvalue weighted by Gasteiger charge is 2.27. The van der Waals surface area contributed by atoms with Crippen LogP contribution in [0.25, 0.3) is 0 Å². The smallest absolute Gasteiger partial charge is 0.257 e. The zero-order valence-corrected chi connectivity index (χ0v) is 10.3. The lowest BCUT2D eigenvalue weighted by atomic mass is 10.1. The molecule has 1 heterocycles. The quantitative estimate of drug-likeness (QED) is 0.770. The lowest BCUT2D eigenvalue weighted by Gasteiger charge is -2.35. The number of ether oxygens (including phenoxy) is 1. The Bertz CT molecular complexity index is 454. The molecular weight excluding hydrogens is 240 g/mol. The average Bonchev–Trinajstić information content (AvgIpc) is 2.26. The minimum atomic E-state index is -0.827. The number of nitrogens with zero attached hydrogens (tertiary/aromatic N) is 1. The van der Waals surface area contributed by atoms with E-state index >= 15 is 0 Å². The summed E-state index contributed by atoms with van der Waals surface area (Å²) in [5.41, 5.74) is -0.0994. The van der Waals surface area contributed by atoms with Crippen LogP contribution in [0, 0.1) is 11.6 Å². The third-order valence-electron chi connectivity index (χ3n) is 2.87. The third-order valence-corrected chi connectivity index (χ3v) is 2.87. The van der Waals surface area contributed by atoms with Crippen LogP contribution in [0.1, 0.15) is 24.2 Å². The van der Waals surface area contributed by atoms with Gasteiger partial charge >= 0.3 is 0 Å². The van der Waals surface area contributed by atoms with Gasteiger partial charge in [0.05, 0.1) is 17.8 Å². The van der Waals surface area contributed by atoms with E-state index in [1.54, 1.807) is 0 Å². The summed E-state index contributed by atoms with van der Waals surface area (Å²) in [5.74, 6) is -1.94. The van der Waals surface area contributed by atoms with E-state index in [9.17, 15) is 13.6 Å². The van der Waals surface area contributed by atoms with Gasteiger partial charge in [-0.15, -0.1) is 0 Å². The van der Waals surface area contributed by atoms with Crippen molar-refractivity contribution in [3.63, 3.8) is 0 Å². The summed E-state index contributed by atoms with van der Waals surface area (Å²) >= 11 is 0. The molecule has 0 spiro atoms. The normalized spacial score (nSPS) is 24.1. The lowest BCUT2D eigenvalue weighted by molar-refractivity contribution is -0.0587. The zero-order chi connectivity index (χ0) is 13.3. The van der Waals surface area contributed by atoms with Crippen molar-refractivity contribution < 1.29 is 18.3 Å². The van der Waals surface area contributed by atoms with Crippen molar-refractivity contribution in [1.29, 1.82) is 0 Å². The highest BCUT2D eigenvalue weighted by Crippen LogP contribution is 2.17. The SMILES string of the molecule is C[C@@H]1CN(C(=O)c2ccc(F)cc2F)C[C@H](C)O1. The summed E-state index contributed by atoms with van der Waals surface area (Å²) in [6.45, 7) is 4.55. The van der Waals surface area contributed by atoms with Crippen molar-refractivity contribution in [2.45, 2.75) is 26.1 Å². The Morgan fingerprint density at radius 1 is 1.28 bits per heavy atom. The third kappa shape index (κ3) is 2.67. The summed E-state index contributed by atoms with van der Waals surface area (Å²) in [6.07, 6.45) is -0.164. The molecule has 0 radical (unpaired) electrons. The number of amides is 1. The standard InChI is InChI=1S/C13H15F2NO2/c1-8-6-16(7-9(2)18-8)13(17)11-4-3-10(14)5-12(11)15/h3-5,8-9H,6-7H2,1-2H3/t8-,9+. The second kappa shape index (κ2) is 5.02. The molecular formula is C13H15F2NO2. The van der Waals surface area contributed by atoms with Crippen LogP contribution in [0.2, 0.25) is 0 Å². The minimum Gasteiger partial charge on any atom is -0.372 e. The molecule has 1 aromatic rings. The van der Waals surface area contributed by atoms with Gasteiger partial charge in [-0.05, 0) is 26.0 Å². The number of hydrogen-bond acceptors (Lipinski definition) is 2. The number of rotatable bonds is 1. The highest BCUT2D eigenvalue weighted by molar-refractivity contribution is 5.94. The maximum Gasteiger partial charge on any atom is 0.257 e. The Kier molecular flexibility index (Phi) is 3.61. The molecule has 1 aliphatic heterocycles. The maximum atomic E-state index is 13.5. The molecule has 1 fully saturated rings. The summed E-state index contributed by atoms with van der Waals surface area (Å²) in [6, 6.07) is 2.99. The van der Waals surface area contributed by atoms with Gasteiger partial charge in [0, 0.05) is 19.2 Å². The summed E-state index contributed by atoms with van der Waals surface area (Å²) < 4.78 is 31.8. The Balaban J connectivity index is 2.20. The maximum absolute atomic E-state index is 13.5. The monoisotopic (exact) mass is 255 g/mol. The van der Waals surface area contributed by atoms with Gasteiger partial charge in [0.2, 0.25) is 0 Å². The van der Waals surface area contributed by atoms with Gasteiger partial charge in [-0.25, -0.2) is 8.78 Å². The molecule has 1 aromatic carbocycles. The fourth-order valence-corrected chi connectivity index (χ4v) is 2.18. The lowest BCUT2D eigenvalue weighted by Crippen LogP contribution is -2.48. The van der Waals surface area contributed by atoms with Crippen molar-refractivity contribution in [2.24, 2.45) is 0 Å². The Morgan fingerprint density at radius 2 is 1.89 bits per heavy atom. The van der Waals surface area contributed by atoms with Crippen molar-refractivity contribution in [1.82, 2.24) is 4.90 Å². The molecule has 1 amide bonds. The average molecular weight is 255 g/mol. The van der Waals surface area contributed by atoms with Gasteiger partial charge in [0.15, 0.2) is 0 Å². The van der Waals surface area contributed by atoms with Crippen LogP contribution in [0.5, 0.6) is 0 Å². The summed E-state index contributed by atoms with van der Waals surface area (Å²) in [7, 11) is 0. The molecule has 0 aliphatic carbocycles. The zero-order valence-electron chi connectivity index (χ0n) is 10.3. The first-order valence-corrected chi connectivity index (χ1v) is 5.87. The van der Waals surface area contributed by atoms with E-state index in [1.165, 1.54) is 11.0 Å². The first kappa shape index (κ1) is 13.0. The van der Waals surface area contributed by atoms with E-state index in [0.717, 1.165) is 12.1 Å². The predicted octanol–water partition coefficient (Wildman–Crippen LogP) is 2.21. The van der Waals surface area contributed by atoms with E-state index in [-0.39, 0.29) is 17.8 Å². The fraction of sp³-hybridized carbons (Fsp3) is 0.462. The van der Waals surface area contributed by atoms with Crippen LogP contribution in [0.4, 0.5) is 8.78 Å². The van der Waals surface area contributed by atoms with Crippen LogP contribution in [0.15, 0.2) is 18.2 Å². The topological polar surface area (TPSA) is 29.5 Å². The molecule has 3 nitrogen and oxygen atoms in total. The molecule has 0 N–H and O–H groups in total. The van der Waals surface area contributed by atoms with Crippen LogP contribution >= 0.6 is 0 Å². The fourth-order valence-electron chi connectivity index (χ4n) is 2.18. The van der Waals surface area contributed by atoms with Crippen LogP contribution in [-0.4, -0.2) is 36.1 Å². The van der Waals surface area contributed by atoms with Crippen LogP contribution in [0.3, 0.4) is 0 Å². The van der Waals surface area contributed by atoms with Gasteiger partial charge < -0.3 is 9.64 Å². The second-order valence-corrected chi connectivity index (χ2v) is 4.59. The Labute approximate surface area is 104 Å². The molecule has 18 heavy (non-hydrogen) atoms. The molecule has 0 unspecified atom stereocenters. The van der Waals surface area contributed by atoms with Crippen LogP contribution in [-0.2, 0) is 4.74 Å². The molecule has 1 aliphatic rings. The van der Waals surface area contributed by atoms with Crippen LogP contribution < -0.4 is 0 Å². The molecule has 98 valence electrons. The van der Waals surface area contributed by atoms with E-state index in [0.29, 0.717) is 13.1 Å². The molecule has 5 heteroatoms. The van der Waals surface area contributed by atoms with Crippen molar-refractivity contribution >= 4 is 5.91 Å². The number of carbonyl (C=O) groups excluding carboxylic acids is 1. The number of morpholine rings is 1. The Hall–Kier alpha value is -1.49. The van der Waals surface area contributed by atoms with Gasteiger partial charge in [-0.2, -0.15) is 0 Å². The Morgan fingerprint density at radius 3 is 2.44 bits per heavy atom. The van der Waals surface area contributed by atoms with E-state index in [4.69, 9.17) is 4.74 Å². The highest BCUT2D eigenvalue weighted by atomic mass is 19.1. The van der Waals surface area contributed by atoms with Gasteiger partial charge in [0.1, 0.15) is 11.6 Å². The number of halogens is 2. The predicted molar refractivity (Wildman–Crippen MR) is 62.3 cm³/mol. The van der Waals surface area contributed by atoms with E-state index < -0.39 is 17.5 Å². The molecule has 0 saturated carbocycles. The number of benzene rings is 1. The van der Waals surface area contributed by atoms with Crippen molar-refractivity contribution in [3.8, 4) is 0 Å². The molecule has 2 atom stereocenters. The van der Waals surface area contributed by atoms with Gasteiger partial charge in [-0.3, -0.25) is 4.79 Å². The van der Waals surface area contributed by atoms with E-state index in [2.05, 4.69) is 0 Å². The molecule has 2 rings (SSSR count). The molecule has 0 aromatic heterocycles. The van der Waals surface area contributed by atoms with Gasteiger partial charge in [-0.1, -0.05) is 0 Å². The summed E-state index contributed by atoms with van der Waals surface area (Å²) in [4.78, 5) is 13.7. The van der Waals surface area contributed by atoms with Crippen molar-refractivity contribution in [2.75, 3.05) is 13.1 Å². The van der Waals surface area contributed by atoms with E-state index in [1.807, 2.05) is 13.8 Å². The first-order valence-electron chi connectivity index (χ1n) is 5.87. The number of carbonyl (C=O) groups is 1. The second-order valence-electron chi connectivity index (χ2n) is 4.59. The molecule has 0 bridgehead atoms. The van der Waals surface area contributed by atoms with Gasteiger partial charge in [0.25, 0.3) is 5.91 Å². The summed E-state index contributed by atoms with van der Waals surface area (Å²) in [5, 5.41) is 0. The number of hydrogen-bond donors (Lipinski definition) is 0. The molecule has 1 saturated heterocycles. The largest absolute Gasteiger partial charge is 0.372 e. The first-order chi connectivity index (χ1) is 8.47. The minimum absolute atomic E-state index is 0.0822.